The van der Waals surface area contributed by atoms with Crippen LogP contribution in [-0.2, 0) is 19.1 Å². The number of allylic oxidation sites excluding steroid dienone is 1. The molecule has 0 saturated carbocycles. The molecule has 170 valence electrons. The number of ether oxygens (including phenoxy) is 2. The first-order chi connectivity index (χ1) is 15.4. The van der Waals surface area contributed by atoms with Crippen molar-refractivity contribution >= 4 is 29.1 Å². The van der Waals surface area contributed by atoms with Crippen molar-refractivity contribution in [3.63, 3.8) is 0 Å². The second-order valence-corrected chi connectivity index (χ2v) is 7.49. The van der Waals surface area contributed by atoms with E-state index in [0.29, 0.717) is 45.1 Å². The van der Waals surface area contributed by atoms with Crippen molar-refractivity contribution in [2.75, 3.05) is 38.3 Å². The lowest BCUT2D eigenvalue weighted by Gasteiger charge is -2.26. The number of anilines is 1. The Bertz CT molecular complexity index is 967. The molecule has 1 unspecified atom stereocenters. The summed E-state index contributed by atoms with van der Waals surface area (Å²) in [6, 6.07) is 4.94. The van der Waals surface area contributed by atoms with Crippen LogP contribution in [0.25, 0.3) is 0 Å². The number of nitrogens with one attached hydrogen (secondary N) is 2. The highest BCUT2D eigenvalue weighted by Gasteiger charge is 2.37. The molecule has 3 rings (SSSR count). The third-order valence-electron chi connectivity index (χ3n) is 5.19. The van der Waals surface area contributed by atoms with E-state index < -0.39 is 11.8 Å². The van der Waals surface area contributed by atoms with Gasteiger partial charge in [-0.1, -0.05) is 18.7 Å². The molecular formula is C23H26N2O7. The molecule has 0 radical (unpaired) electrons. The van der Waals surface area contributed by atoms with Crippen LogP contribution in [-0.4, -0.2) is 61.5 Å². The summed E-state index contributed by atoms with van der Waals surface area (Å²) in [6.07, 6.45) is 1.93. The Morgan fingerprint density at radius 3 is 2.59 bits per heavy atom. The number of aliphatic hydroxyl groups is 1. The summed E-state index contributed by atoms with van der Waals surface area (Å²) >= 11 is 0. The lowest BCUT2D eigenvalue weighted by molar-refractivity contribution is -0.135. The fourth-order valence-electron chi connectivity index (χ4n) is 3.61. The lowest BCUT2D eigenvalue weighted by Crippen LogP contribution is -2.43. The standard InChI is InChI=1S/C23H26N2O7/c1-14(26)7-9-31-11-12-32-10-8-24-18-4-2-3-16-21(18)19(27)13-17(22(16)29)15-5-6-20(28)25-23(15)30/h2-4,13,15,24,26H,1,5-12H2,(H,25,28,30). The van der Waals surface area contributed by atoms with Crippen molar-refractivity contribution in [3.05, 3.63) is 53.3 Å². The number of piperidine rings is 1. The number of fused-ring (bicyclic) bond motifs is 1. The van der Waals surface area contributed by atoms with Crippen LogP contribution < -0.4 is 10.6 Å². The maximum absolute atomic E-state index is 13.0. The van der Waals surface area contributed by atoms with Crippen LogP contribution in [0.1, 0.15) is 40.0 Å². The van der Waals surface area contributed by atoms with Crippen LogP contribution in [0.15, 0.2) is 42.2 Å². The number of ketones is 2. The van der Waals surface area contributed by atoms with Gasteiger partial charge in [0.1, 0.15) is 0 Å². The Hall–Kier alpha value is -3.30. The summed E-state index contributed by atoms with van der Waals surface area (Å²) in [5, 5.41) is 14.3. The van der Waals surface area contributed by atoms with Gasteiger partial charge in [-0.25, -0.2) is 0 Å². The zero-order chi connectivity index (χ0) is 23.1. The van der Waals surface area contributed by atoms with E-state index in [9.17, 15) is 19.2 Å². The average Bonchev–Trinajstić information content (AvgIpc) is 2.75. The van der Waals surface area contributed by atoms with Gasteiger partial charge in [0, 0.05) is 36.2 Å². The minimum atomic E-state index is -0.806. The quantitative estimate of drug-likeness (QED) is 0.269. The van der Waals surface area contributed by atoms with Crippen molar-refractivity contribution in [2.45, 2.75) is 19.3 Å². The van der Waals surface area contributed by atoms with Crippen LogP contribution in [0.4, 0.5) is 5.69 Å². The van der Waals surface area contributed by atoms with E-state index >= 15 is 0 Å². The van der Waals surface area contributed by atoms with Gasteiger partial charge in [-0.15, -0.1) is 0 Å². The maximum atomic E-state index is 13.0. The Labute approximate surface area is 185 Å². The first kappa shape index (κ1) is 23.4. The molecule has 1 fully saturated rings. The van der Waals surface area contributed by atoms with Gasteiger partial charge in [-0.05, 0) is 18.6 Å². The Morgan fingerprint density at radius 1 is 1.12 bits per heavy atom. The summed E-state index contributed by atoms with van der Waals surface area (Å²) in [4.78, 5) is 49.4. The zero-order valence-electron chi connectivity index (χ0n) is 17.6. The molecule has 0 spiro atoms. The molecule has 0 bridgehead atoms. The topological polar surface area (TPSA) is 131 Å². The minimum Gasteiger partial charge on any atom is -0.513 e. The van der Waals surface area contributed by atoms with E-state index in [2.05, 4.69) is 17.2 Å². The summed E-state index contributed by atoms with van der Waals surface area (Å²) in [7, 11) is 0. The first-order valence-electron chi connectivity index (χ1n) is 10.4. The van der Waals surface area contributed by atoms with E-state index in [-0.39, 0.29) is 52.8 Å². The average molecular weight is 442 g/mol. The fraction of sp³-hybridized carbons (Fsp3) is 0.391. The van der Waals surface area contributed by atoms with Crippen LogP contribution >= 0.6 is 0 Å². The number of amides is 2. The van der Waals surface area contributed by atoms with Gasteiger partial charge in [0.2, 0.25) is 11.8 Å². The highest BCUT2D eigenvalue weighted by molar-refractivity contribution is 6.28. The number of benzene rings is 1. The smallest absolute Gasteiger partial charge is 0.234 e. The summed E-state index contributed by atoms with van der Waals surface area (Å²) in [6.45, 7) is 5.28. The number of carbonyl (C=O) groups excluding carboxylic acids is 4. The van der Waals surface area contributed by atoms with E-state index in [1.54, 1.807) is 18.2 Å². The van der Waals surface area contributed by atoms with Crippen LogP contribution in [0.2, 0.25) is 0 Å². The van der Waals surface area contributed by atoms with Gasteiger partial charge >= 0.3 is 0 Å². The Kier molecular flexibility index (Phi) is 7.91. The second kappa shape index (κ2) is 10.8. The van der Waals surface area contributed by atoms with Gasteiger partial charge in [-0.2, -0.15) is 0 Å². The lowest BCUT2D eigenvalue weighted by atomic mass is 9.79. The van der Waals surface area contributed by atoms with Gasteiger partial charge in [0.25, 0.3) is 0 Å². The van der Waals surface area contributed by atoms with E-state index in [1.165, 1.54) is 6.08 Å². The number of aliphatic hydroxyl groups excluding tert-OH is 1. The number of Topliss-reactive ketones (excluding diaryl/α,β-unsaturated/α-hetero) is 1. The number of imide groups is 1. The predicted octanol–water partition coefficient (Wildman–Crippen LogP) is 1.95. The third kappa shape index (κ3) is 5.68. The van der Waals surface area contributed by atoms with Crippen molar-refractivity contribution in [1.29, 1.82) is 0 Å². The normalized spacial score (nSPS) is 18.1. The summed E-state index contributed by atoms with van der Waals surface area (Å²) < 4.78 is 10.7. The highest BCUT2D eigenvalue weighted by Crippen LogP contribution is 2.33. The number of hydrogen-bond donors (Lipinski definition) is 3. The monoisotopic (exact) mass is 442 g/mol. The zero-order valence-corrected chi connectivity index (χ0v) is 17.6. The van der Waals surface area contributed by atoms with Crippen LogP contribution in [0.5, 0.6) is 0 Å². The Morgan fingerprint density at radius 2 is 1.88 bits per heavy atom. The summed E-state index contributed by atoms with van der Waals surface area (Å²) in [5.74, 6) is -2.39. The van der Waals surface area contributed by atoms with Crippen molar-refractivity contribution in [2.24, 2.45) is 5.92 Å². The molecule has 1 aromatic carbocycles. The van der Waals surface area contributed by atoms with Crippen molar-refractivity contribution in [1.82, 2.24) is 5.32 Å². The Balaban J connectivity index is 1.55. The molecule has 2 amide bonds. The molecule has 0 aromatic heterocycles. The molecule has 1 saturated heterocycles. The van der Waals surface area contributed by atoms with Crippen LogP contribution in [0, 0.1) is 5.92 Å². The SMILES string of the molecule is C=C(O)CCOCCOCCNc1cccc2c1C(=O)C=C(C1CCC(=O)NC1=O)C2=O. The number of rotatable bonds is 11. The van der Waals surface area contributed by atoms with Crippen molar-refractivity contribution < 1.29 is 33.8 Å². The molecule has 2 aliphatic rings. The predicted molar refractivity (Wildman–Crippen MR) is 116 cm³/mol. The first-order valence-corrected chi connectivity index (χ1v) is 10.4. The van der Waals surface area contributed by atoms with Gasteiger partial charge in [-0.3, -0.25) is 24.5 Å². The van der Waals surface area contributed by atoms with Gasteiger partial charge in [0.05, 0.1) is 43.7 Å². The highest BCUT2D eigenvalue weighted by atomic mass is 16.5. The third-order valence-corrected chi connectivity index (χ3v) is 5.19. The largest absolute Gasteiger partial charge is 0.513 e. The number of carbonyl (C=O) groups is 4. The van der Waals surface area contributed by atoms with Gasteiger partial charge in [0.15, 0.2) is 11.6 Å². The summed E-state index contributed by atoms with van der Waals surface area (Å²) in [5.41, 5.74) is 1.14. The molecule has 1 aliphatic carbocycles. The maximum Gasteiger partial charge on any atom is 0.234 e. The van der Waals surface area contributed by atoms with E-state index in [0.717, 1.165) is 0 Å². The molecule has 1 heterocycles. The molecule has 1 aliphatic heterocycles. The fourth-order valence-corrected chi connectivity index (χ4v) is 3.61. The molecule has 1 atom stereocenters. The molecule has 32 heavy (non-hydrogen) atoms. The van der Waals surface area contributed by atoms with E-state index in [1.807, 2.05) is 0 Å². The van der Waals surface area contributed by atoms with Crippen LogP contribution in [0.3, 0.4) is 0 Å². The molecule has 9 heteroatoms. The van der Waals surface area contributed by atoms with Gasteiger partial charge < -0.3 is 19.9 Å². The minimum absolute atomic E-state index is 0.0772. The molecular weight excluding hydrogens is 416 g/mol. The molecule has 1 aromatic rings. The van der Waals surface area contributed by atoms with E-state index in [4.69, 9.17) is 14.6 Å². The molecule has 9 nitrogen and oxygen atoms in total. The van der Waals surface area contributed by atoms with Crippen molar-refractivity contribution in [3.8, 4) is 0 Å². The second-order valence-electron chi connectivity index (χ2n) is 7.49. The number of hydrogen-bond acceptors (Lipinski definition) is 8. The molecule has 3 N–H and O–H groups in total.